The summed E-state index contributed by atoms with van der Waals surface area (Å²) in [7, 11) is 1.37. The van der Waals surface area contributed by atoms with Crippen LogP contribution in [-0.4, -0.2) is 70.7 Å². The zero-order valence-corrected chi connectivity index (χ0v) is 41.6. The Kier molecular flexibility index (Phi) is 44.3. The van der Waals surface area contributed by atoms with E-state index in [1.807, 2.05) is 21.1 Å². The molecule has 0 amide bonds. The fourth-order valence-corrected chi connectivity index (χ4v) is 8.27. The summed E-state index contributed by atoms with van der Waals surface area (Å²) in [5.41, 5.74) is 0. The molecule has 0 saturated heterocycles. The van der Waals surface area contributed by atoms with E-state index in [0.717, 1.165) is 32.1 Å². The van der Waals surface area contributed by atoms with Crippen molar-refractivity contribution in [3.05, 3.63) is 12.2 Å². The molecule has 0 aromatic heterocycles. The van der Waals surface area contributed by atoms with Crippen LogP contribution in [-0.2, 0) is 27.9 Å². The van der Waals surface area contributed by atoms with E-state index in [-0.39, 0.29) is 25.8 Å². The van der Waals surface area contributed by atoms with Crippen molar-refractivity contribution >= 4 is 13.8 Å². The summed E-state index contributed by atoms with van der Waals surface area (Å²) in [6.07, 6.45) is 50.9. The van der Waals surface area contributed by atoms with Crippen LogP contribution in [0.1, 0.15) is 251 Å². The smallest absolute Gasteiger partial charge is 0.306 e. The van der Waals surface area contributed by atoms with Gasteiger partial charge in [0.05, 0.1) is 34.4 Å². The molecule has 0 N–H and O–H groups in total. The Morgan fingerprint density at radius 2 is 0.867 bits per heavy atom. The minimum atomic E-state index is -4.52. The van der Waals surface area contributed by atoms with E-state index < -0.39 is 13.9 Å². The molecular weight excluding hydrogens is 770 g/mol. The van der Waals surface area contributed by atoms with Gasteiger partial charge in [0.2, 0.25) is 0 Å². The lowest BCUT2D eigenvalue weighted by molar-refractivity contribution is -0.870. The lowest BCUT2D eigenvalue weighted by Crippen LogP contribution is -2.37. The van der Waals surface area contributed by atoms with Crippen LogP contribution in [0.3, 0.4) is 0 Å². The molecule has 0 heterocycles. The normalized spacial score (nSPS) is 13.6. The maximum Gasteiger partial charge on any atom is 0.306 e. The third-order valence-corrected chi connectivity index (χ3v) is 12.5. The molecule has 0 aliphatic rings. The molecule has 0 radical (unpaired) electrons. The summed E-state index contributed by atoms with van der Waals surface area (Å²) in [5.74, 6) is -0.329. The van der Waals surface area contributed by atoms with Crippen molar-refractivity contribution in [3.63, 3.8) is 0 Å². The van der Waals surface area contributed by atoms with Gasteiger partial charge >= 0.3 is 5.97 Å². The highest BCUT2D eigenvalue weighted by Crippen LogP contribution is 2.38. The summed E-state index contributed by atoms with van der Waals surface area (Å²) in [4.78, 5) is 25.2. The number of hydrogen-bond donors (Lipinski definition) is 0. The molecule has 9 heteroatoms. The Hall–Kier alpha value is -0.760. The molecule has 2 atom stereocenters. The van der Waals surface area contributed by atoms with E-state index in [4.69, 9.17) is 18.5 Å². The van der Waals surface area contributed by atoms with E-state index >= 15 is 0 Å². The molecule has 0 bridgehead atoms. The van der Waals surface area contributed by atoms with Crippen LogP contribution < -0.4 is 4.89 Å². The van der Waals surface area contributed by atoms with Gasteiger partial charge in [-0.1, -0.05) is 219 Å². The largest absolute Gasteiger partial charge is 0.756 e. The molecule has 8 nitrogen and oxygen atoms in total. The quantitative estimate of drug-likeness (QED) is 0.0198. The number of nitrogens with zero attached hydrogens (tertiary/aromatic N) is 1. The Morgan fingerprint density at radius 1 is 0.500 bits per heavy atom. The van der Waals surface area contributed by atoms with Gasteiger partial charge in [-0.2, -0.15) is 0 Å². The second kappa shape index (κ2) is 44.8. The fourth-order valence-electron chi connectivity index (χ4n) is 7.54. The van der Waals surface area contributed by atoms with Gasteiger partial charge in [0.1, 0.15) is 19.3 Å². The molecule has 0 fully saturated rings. The molecule has 358 valence electrons. The second-order valence-corrected chi connectivity index (χ2v) is 20.3. The highest BCUT2D eigenvalue weighted by molar-refractivity contribution is 7.45. The molecule has 60 heavy (non-hydrogen) atoms. The van der Waals surface area contributed by atoms with Gasteiger partial charge in [0, 0.05) is 13.0 Å². The van der Waals surface area contributed by atoms with Gasteiger partial charge in [-0.15, -0.1) is 0 Å². The average Bonchev–Trinajstić information content (AvgIpc) is 3.20. The number of carbonyl (C=O) groups is 1. The van der Waals surface area contributed by atoms with Gasteiger partial charge in [-0.3, -0.25) is 9.36 Å². The first-order valence-electron chi connectivity index (χ1n) is 25.9. The van der Waals surface area contributed by atoms with Crippen molar-refractivity contribution in [3.8, 4) is 0 Å². The average molecular weight is 872 g/mol. The first-order valence-corrected chi connectivity index (χ1v) is 27.4. The van der Waals surface area contributed by atoms with Crippen LogP contribution in [0.5, 0.6) is 0 Å². The molecule has 0 aromatic carbocycles. The van der Waals surface area contributed by atoms with E-state index in [1.165, 1.54) is 199 Å². The molecule has 0 rings (SSSR count). The van der Waals surface area contributed by atoms with Gasteiger partial charge in [-0.25, -0.2) is 0 Å². The number of allylic oxidation sites excluding steroid dienone is 2. The third-order valence-electron chi connectivity index (χ3n) is 11.6. The molecule has 0 spiro atoms. The van der Waals surface area contributed by atoms with Gasteiger partial charge in [-0.05, 0) is 38.5 Å². The number of rotatable bonds is 49. The minimum absolute atomic E-state index is 0.0297. The summed E-state index contributed by atoms with van der Waals surface area (Å²) >= 11 is 0. The zero-order chi connectivity index (χ0) is 44.1. The van der Waals surface area contributed by atoms with E-state index in [9.17, 15) is 14.3 Å². The molecule has 2 unspecified atom stereocenters. The number of ether oxygens (including phenoxy) is 2. The number of hydrogen-bond acceptors (Lipinski definition) is 7. The maximum atomic E-state index is 12.7. The second-order valence-electron chi connectivity index (χ2n) is 18.9. The molecule has 0 aromatic rings. The number of phosphoric acid groups is 1. The van der Waals surface area contributed by atoms with Crippen LogP contribution in [0.25, 0.3) is 0 Å². The van der Waals surface area contributed by atoms with Crippen LogP contribution in [0.2, 0.25) is 0 Å². The number of unbranched alkanes of at least 4 members (excludes halogenated alkanes) is 33. The van der Waals surface area contributed by atoms with Crippen LogP contribution in [0.4, 0.5) is 0 Å². The molecular formula is C51H102NO7P. The lowest BCUT2D eigenvalue weighted by Gasteiger charge is -2.28. The number of esters is 1. The summed E-state index contributed by atoms with van der Waals surface area (Å²) in [5, 5.41) is 0. The summed E-state index contributed by atoms with van der Waals surface area (Å²) in [6.45, 7) is 5.47. The Morgan fingerprint density at radius 3 is 1.27 bits per heavy atom. The minimum Gasteiger partial charge on any atom is -0.756 e. The van der Waals surface area contributed by atoms with Crippen molar-refractivity contribution in [2.24, 2.45) is 0 Å². The number of phosphoric ester groups is 1. The van der Waals surface area contributed by atoms with Crippen molar-refractivity contribution in [1.29, 1.82) is 0 Å². The SMILES string of the molecule is CCCCCCCCCC/C=C\CCCCCCCCCCCCCC(=O)OC(COCCCCCCCCCCCCCCCCC)COP(=O)([O-])OCC[N+](C)(C)C. The van der Waals surface area contributed by atoms with E-state index in [1.54, 1.807) is 0 Å². The summed E-state index contributed by atoms with van der Waals surface area (Å²) < 4.78 is 34.7. The predicted molar refractivity (Wildman–Crippen MR) is 254 cm³/mol. The number of carbonyl (C=O) groups excluding carboxylic acids is 1. The van der Waals surface area contributed by atoms with Crippen molar-refractivity contribution in [2.45, 2.75) is 258 Å². The maximum absolute atomic E-state index is 12.7. The van der Waals surface area contributed by atoms with Crippen LogP contribution in [0.15, 0.2) is 12.2 Å². The topological polar surface area (TPSA) is 94.1 Å². The monoisotopic (exact) mass is 872 g/mol. The van der Waals surface area contributed by atoms with E-state index in [0.29, 0.717) is 24.1 Å². The van der Waals surface area contributed by atoms with Gasteiger partial charge in [0.15, 0.2) is 0 Å². The van der Waals surface area contributed by atoms with Gasteiger partial charge in [0.25, 0.3) is 7.82 Å². The number of quaternary nitrogens is 1. The van der Waals surface area contributed by atoms with Crippen LogP contribution in [0, 0.1) is 0 Å². The fraction of sp³-hybridized carbons (Fsp3) is 0.941. The Labute approximate surface area is 373 Å². The first-order chi connectivity index (χ1) is 29.1. The Bertz CT molecular complexity index is 972. The lowest BCUT2D eigenvalue weighted by atomic mass is 10.0. The number of likely N-dealkylation sites (N-methyl/N-ethyl adjacent to an activating group) is 1. The molecule has 0 aliphatic heterocycles. The Balaban J connectivity index is 4.07. The van der Waals surface area contributed by atoms with Crippen LogP contribution >= 0.6 is 7.82 Å². The highest BCUT2D eigenvalue weighted by Gasteiger charge is 2.20. The molecule has 0 saturated carbocycles. The van der Waals surface area contributed by atoms with E-state index in [2.05, 4.69) is 26.0 Å². The highest BCUT2D eigenvalue weighted by atomic mass is 31.2. The van der Waals surface area contributed by atoms with Gasteiger partial charge < -0.3 is 27.9 Å². The van der Waals surface area contributed by atoms with Crippen molar-refractivity contribution in [1.82, 2.24) is 0 Å². The third kappa shape index (κ3) is 48.3. The zero-order valence-electron chi connectivity index (χ0n) is 40.7. The molecule has 0 aliphatic carbocycles. The predicted octanol–water partition coefficient (Wildman–Crippen LogP) is 15.2. The summed E-state index contributed by atoms with van der Waals surface area (Å²) in [6, 6.07) is 0. The standard InChI is InChI=1S/C51H102NO7P/c1-6-8-10-12-14-16-18-20-22-23-24-25-26-27-28-29-30-32-34-36-38-40-42-44-51(53)59-50(49-58-60(54,55)57-47-45-52(3,4)5)48-56-46-43-41-39-37-35-33-31-21-19-17-15-13-11-9-7-2/h23-24,50H,6-22,25-49H2,1-5H3/b24-23-. The van der Waals surface area contributed by atoms with Crippen molar-refractivity contribution in [2.75, 3.05) is 54.1 Å². The first kappa shape index (κ1) is 59.2. The van der Waals surface area contributed by atoms with Crippen molar-refractivity contribution < 1.29 is 37.3 Å².